The highest BCUT2D eigenvalue weighted by Gasteiger charge is 2.59. The van der Waals surface area contributed by atoms with Gasteiger partial charge < -0.3 is 19.7 Å². The van der Waals surface area contributed by atoms with E-state index in [4.69, 9.17) is 9.47 Å². The SMILES string of the molecule is CN=C(NC1C2CCOC2C1(C)C)N(C)Cc1ccccc1OC. The Hall–Kier alpha value is -1.75. The Morgan fingerprint density at radius 2 is 2.17 bits per heavy atom. The first-order chi connectivity index (χ1) is 11.5. The second kappa shape index (κ2) is 6.63. The van der Waals surface area contributed by atoms with Crippen LogP contribution >= 0.6 is 0 Å². The Kier molecular flexibility index (Phi) is 4.72. The van der Waals surface area contributed by atoms with Gasteiger partial charge in [-0.1, -0.05) is 32.0 Å². The molecule has 0 radical (unpaired) electrons. The van der Waals surface area contributed by atoms with Gasteiger partial charge in [0, 0.05) is 50.2 Å². The Morgan fingerprint density at radius 3 is 2.88 bits per heavy atom. The third kappa shape index (κ3) is 2.86. The minimum Gasteiger partial charge on any atom is -0.496 e. The van der Waals surface area contributed by atoms with Crippen molar-refractivity contribution in [3.8, 4) is 5.75 Å². The summed E-state index contributed by atoms with van der Waals surface area (Å²) in [7, 11) is 5.62. The van der Waals surface area contributed by atoms with E-state index in [0.717, 1.165) is 36.8 Å². The van der Waals surface area contributed by atoms with Crippen LogP contribution in [0.3, 0.4) is 0 Å². The number of aliphatic imine (C=N–C) groups is 1. The van der Waals surface area contributed by atoms with Crippen LogP contribution < -0.4 is 10.1 Å². The summed E-state index contributed by atoms with van der Waals surface area (Å²) >= 11 is 0. The van der Waals surface area contributed by atoms with Crippen molar-refractivity contribution in [2.75, 3.05) is 27.8 Å². The molecule has 1 aliphatic carbocycles. The van der Waals surface area contributed by atoms with Gasteiger partial charge in [0.2, 0.25) is 0 Å². The third-order valence-electron chi connectivity index (χ3n) is 5.56. The molecule has 0 aromatic heterocycles. The Morgan fingerprint density at radius 1 is 1.42 bits per heavy atom. The standard InChI is InChI=1S/C19H29N3O2/c1-19(2)16(14-10-11-24-17(14)19)21-18(20-3)22(4)12-13-8-6-7-9-15(13)23-5/h6-9,14,16-17H,10-12H2,1-5H3,(H,20,21). The lowest BCUT2D eigenvalue weighted by atomic mass is 9.57. The molecule has 132 valence electrons. The lowest BCUT2D eigenvalue weighted by Gasteiger charge is -2.55. The summed E-state index contributed by atoms with van der Waals surface area (Å²) in [5.74, 6) is 2.42. The number of fused-ring (bicyclic) bond motifs is 1. The van der Waals surface area contributed by atoms with E-state index in [1.165, 1.54) is 0 Å². The van der Waals surface area contributed by atoms with Crippen LogP contribution in [0.2, 0.25) is 0 Å². The normalized spacial score (nSPS) is 28.0. The number of methoxy groups -OCH3 is 1. The van der Waals surface area contributed by atoms with Crippen LogP contribution in [0.15, 0.2) is 29.3 Å². The zero-order valence-electron chi connectivity index (χ0n) is 15.4. The lowest BCUT2D eigenvalue weighted by molar-refractivity contribution is -0.107. The molecule has 2 fully saturated rings. The molecule has 1 aromatic rings. The number of para-hydroxylation sites is 1. The molecule has 0 spiro atoms. The first-order valence-corrected chi connectivity index (χ1v) is 8.67. The maximum absolute atomic E-state index is 5.89. The van der Waals surface area contributed by atoms with E-state index in [0.29, 0.717) is 18.1 Å². The highest BCUT2D eigenvalue weighted by atomic mass is 16.5. The van der Waals surface area contributed by atoms with Crippen molar-refractivity contribution in [1.29, 1.82) is 0 Å². The second-order valence-corrected chi connectivity index (χ2v) is 7.40. The monoisotopic (exact) mass is 331 g/mol. The average Bonchev–Trinajstić information content (AvgIpc) is 3.03. The molecule has 1 aromatic carbocycles. The molecule has 5 heteroatoms. The van der Waals surface area contributed by atoms with Gasteiger partial charge in [-0.2, -0.15) is 0 Å². The van der Waals surface area contributed by atoms with Crippen LogP contribution in [0.1, 0.15) is 25.8 Å². The molecule has 1 saturated heterocycles. The predicted octanol–water partition coefficient (Wildman–Crippen LogP) is 2.52. The number of ether oxygens (including phenoxy) is 2. The van der Waals surface area contributed by atoms with E-state index >= 15 is 0 Å². The van der Waals surface area contributed by atoms with Gasteiger partial charge in [0.1, 0.15) is 5.75 Å². The minimum absolute atomic E-state index is 0.141. The van der Waals surface area contributed by atoms with Crippen molar-refractivity contribution < 1.29 is 9.47 Å². The number of benzene rings is 1. The maximum Gasteiger partial charge on any atom is 0.193 e. The summed E-state index contributed by atoms with van der Waals surface area (Å²) in [6.07, 6.45) is 1.52. The Labute approximate surface area is 145 Å². The molecule has 24 heavy (non-hydrogen) atoms. The summed E-state index contributed by atoms with van der Waals surface area (Å²) < 4.78 is 11.3. The molecule has 0 amide bonds. The number of nitrogens with zero attached hydrogens (tertiary/aromatic N) is 2. The molecule has 1 heterocycles. The predicted molar refractivity (Wildman–Crippen MR) is 96.4 cm³/mol. The molecule has 2 aliphatic rings. The summed E-state index contributed by atoms with van der Waals surface area (Å²) in [6, 6.07) is 8.53. The van der Waals surface area contributed by atoms with Crippen molar-refractivity contribution in [1.82, 2.24) is 10.2 Å². The van der Waals surface area contributed by atoms with Crippen LogP contribution in [0.5, 0.6) is 5.75 Å². The maximum atomic E-state index is 5.89. The number of rotatable bonds is 4. The van der Waals surface area contributed by atoms with Gasteiger partial charge in [0.05, 0.1) is 13.2 Å². The van der Waals surface area contributed by atoms with Crippen molar-refractivity contribution in [2.45, 2.75) is 39.0 Å². The zero-order valence-corrected chi connectivity index (χ0v) is 15.4. The van der Waals surface area contributed by atoms with Crippen LogP contribution in [-0.4, -0.2) is 50.8 Å². The summed E-state index contributed by atoms with van der Waals surface area (Å²) in [4.78, 5) is 6.64. The smallest absolute Gasteiger partial charge is 0.193 e. The van der Waals surface area contributed by atoms with Crippen molar-refractivity contribution in [2.24, 2.45) is 16.3 Å². The highest BCUT2D eigenvalue weighted by molar-refractivity contribution is 5.80. The quantitative estimate of drug-likeness (QED) is 0.680. The molecule has 3 atom stereocenters. The van der Waals surface area contributed by atoms with Crippen LogP contribution in [0.4, 0.5) is 0 Å². The molecular weight excluding hydrogens is 302 g/mol. The summed E-state index contributed by atoms with van der Waals surface area (Å²) in [6.45, 7) is 6.20. The van der Waals surface area contributed by atoms with Crippen molar-refractivity contribution in [3.05, 3.63) is 29.8 Å². The summed E-state index contributed by atoms with van der Waals surface area (Å²) in [5.41, 5.74) is 1.29. The fourth-order valence-corrected chi connectivity index (χ4v) is 4.27. The van der Waals surface area contributed by atoms with Crippen molar-refractivity contribution in [3.63, 3.8) is 0 Å². The van der Waals surface area contributed by atoms with Gasteiger partial charge in [-0.15, -0.1) is 0 Å². The molecule has 3 unspecified atom stereocenters. The number of guanidine groups is 1. The molecule has 1 aliphatic heterocycles. The summed E-state index contributed by atoms with van der Waals surface area (Å²) in [5, 5.41) is 3.68. The van der Waals surface area contributed by atoms with Gasteiger partial charge in [0.15, 0.2) is 5.96 Å². The van der Waals surface area contributed by atoms with Crippen LogP contribution in [0, 0.1) is 11.3 Å². The fourth-order valence-electron chi connectivity index (χ4n) is 4.27. The van der Waals surface area contributed by atoms with Crippen LogP contribution in [0.25, 0.3) is 0 Å². The highest BCUT2D eigenvalue weighted by Crippen LogP contribution is 2.52. The topological polar surface area (TPSA) is 46.1 Å². The molecule has 1 saturated carbocycles. The molecule has 0 bridgehead atoms. The van der Waals surface area contributed by atoms with Gasteiger partial charge in [-0.3, -0.25) is 4.99 Å². The number of hydrogen-bond donors (Lipinski definition) is 1. The van der Waals surface area contributed by atoms with E-state index in [1.807, 2.05) is 25.2 Å². The van der Waals surface area contributed by atoms with E-state index < -0.39 is 0 Å². The first-order valence-electron chi connectivity index (χ1n) is 8.67. The minimum atomic E-state index is 0.141. The van der Waals surface area contributed by atoms with Gasteiger partial charge in [0.25, 0.3) is 0 Å². The molecule has 5 nitrogen and oxygen atoms in total. The van der Waals surface area contributed by atoms with Crippen molar-refractivity contribution >= 4 is 5.96 Å². The molecule has 3 rings (SSSR count). The number of hydrogen-bond acceptors (Lipinski definition) is 3. The largest absolute Gasteiger partial charge is 0.496 e. The second-order valence-electron chi connectivity index (χ2n) is 7.40. The van der Waals surface area contributed by atoms with E-state index in [2.05, 4.69) is 42.2 Å². The molecular formula is C19H29N3O2. The van der Waals surface area contributed by atoms with Gasteiger partial charge in [-0.25, -0.2) is 0 Å². The fraction of sp³-hybridized carbons (Fsp3) is 0.632. The first kappa shape index (κ1) is 17.1. The van der Waals surface area contributed by atoms with E-state index in [9.17, 15) is 0 Å². The zero-order chi connectivity index (χ0) is 17.3. The van der Waals surface area contributed by atoms with Crippen LogP contribution in [-0.2, 0) is 11.3 Å². The van der Waals surface area contributed by atoms with E-state index in [1.54, 1.807) is 7.11 Å². The third-order valence-corrected chi connectivity index (χ3v) is 5.56. The van der Waals surface area contributed by atoms with Gasteiger partial charge >= 0.3 is 0 Å². The Bertz CT molecular complexity index is 614. The number of nitrogens with one attached hydrogen (secondary N) is 1. The van der Waals surface area contributed by atoms with E-state index in [-0.39, 0.29) is 5.41 Å². The lowest BCUT2D eigenvalue weighted by Crippen LogP contribution is -2.67. The average molecular weight is 331 g/mol. The molecule has 1 N–H and O–H groups in total. The Balaban J connectivity index is 1.68. The van der Waals surface area contributed by atoms with Gasteiger partial charge in [-0.05, 0) is 12.5 Å².